The summed E-state index contributed by atoms with van der Waals surface area (Å²) in [5.74, 6) is 0.891. The summed E-state index contributed by atoms with van der Waals surface area (Å²) in [6.45, 7) is 3.72. The molecule has 6 nitrogen and oxygen atoms in total. The van der Waals surface area contributed by atoms with Gasteiger partial charge in [-0.1, -0.05) is 18.1 Å². The highest BCUT2D eigenvalue weighted by Gasteiger charge is 2.32. The molecule has 4 heterocycles. The van der Waals surface area contributed by atoms with Crippen molar-refractivity contribution in [3.05, 3.63) is 65.3 Å². The average molecular weight is 309 g/mol. The van der Waals surface area contributed by atoms with Crippen LogP contribution < -0.4 is 0 Å². The molecule has 1 N–H and O–H groups in total. The van der Waals surface area contributed by atoms with Gasteiger partial charge in [0.05, 0.1) is 36.0 Å². The molecule has 0 amide bonds. The summed E-state index contributed by atoms with van der Waals surface area (Å²) in [6.07, 6.45) is 5.44. The Bertz CT molecular complexity index is 779. The van der Waals surface area contributed by atoms with Crippen molar-refractivity contribution in [3.63, 3.8) is 0 Å². The molecule has 4 rings (SSSR count). The Kier molecular flexibility index (Phi) is 3.67. The lowest BCUT2D eigenvalue weighted by Gasteiger charge is -2.33. The molecule has 1 atom stereocenters. The zero-order valence-electron chi connectivity index (χ0n) is 13.1. The van der Waals surface area contributed by atoms with E-state index in [4.69, 9.17) is 4.52 Å². The van der Waals surface area contributed by atoms with Crippen molar-refractivity contribution >= 4 is 0 Å². The first-order chi connectivity index (χ1) is 11.3. The zero-order chi connectivity index (χ0) is 15.6. The summed E-state index contributed by atoms with van der Waals surface area (Å²) < 4.78 is 5.47. The van der Waals surface area contributed by atoms with E-state index in [1.165, 1.54) is 5.69 Å². The van der Waals surface area contributed by atoms with Gasteiger partial charge in [0, 0.05) is 30.9 Å². The van der Waals surface area contributed by atoms with E-state index in [0.717, 1.165) is 42.2 Å². The number of rotatable bonds is 4. The number of hydrogen-bond donors (Lipinski definition) is 1. The van der Waals surface area contributed by atoms with Gasteiger partial charge in [-0.25, -0.2) is 4.98 Å². The molecule has 0 fully saturated rings. The zero-order valence-corrected chi connectivity index (χ0v) is 13.1. The minimum Gasteiger partial charge on any atom is -0.360 e. The molecule has 3 aromatic heterocycles. The monoisotopic (exact) mass is 309 g/mol. The molecule has 1 unspecified atom stereocenters. The Morgan fingerprint density at radius 1 is 1.35 bits per heavy atom. The molecule has 1 aliphatic heterocycles. The van der Waals surface area contributed by atoms with Gasteiger partial charge in [0.15, 0.2) is 5.76 Å². The first-order valence-electron chi connectivity index (χ1n) is 7.96. The predicted octanol–water partition coefficient (Wildman–Crippen LogP) is 2.50. The molecule has 0 spiro atoms. The van der Waals surface area contributed by atoms with Gasteiger partial charge >= 0.3 is 0 Å². The largest absolute Gasteiger partial charge is 0.360 e. The lowest BCUT2D eigenvalue weighted by molar-refractivity contribution is 0.175. The highest BCUT2D eigenvalue weighted by Crippen LogP contribution is 2.33. The average Bonchev–Trinajstić information content (AvgIpc) is 3.24. The lowest BCUT2D eigenvalue weighted by Crippen LogP contribution is -2.36. The molecule has 118 valence electrons. The number of aromatic amines is 1. The van der Waals surface area contributed by atoms with Crippen LogP contribution in [0.5, 0.6) is 0 Å². The summed E-state index contributed by atoms with van der Waals surface area (Å²) in [7, 11) is 0. The van der Waals surface area contributed by atoms with Crippen LogP contribution in [-0.2, 0) is 19.4 Å². The Morgan fingerprint density at radius 2 is 2.30 bits per heavy atom. The molecule has 23 heavy (non-hydrogen) atoms. The highest BCUT2D eigenvalue weighted by molar-refractivity contribution is 5.28. The van der Waals surface area contributed by atoms with Crippen molar-refractivity contribution in [2.45, 2.75) is 32.4 Å². The minimum absolute atomic E-state index is 0.0429. The molecule has 0 aromatic carbocycles. The fourth-order valence-corrected chi connectivity index (χ4v) is 3.16. The number of H-pyrrole nitrogens is 1. The van der Waals surface area contributed by atoms with E-state index < -0.39 is 0 Å². The quantitative estimate of drug-likeness (QED) is 0.802. The smallest absolute Gasteiger partial charge is 0.151 e. The van der Waals surface area contributed by atoms with Crippen molar-refractivity contribution in [1.82, 2.24) is 25.0 Å². The molecule has 0 saturated heterocycles. The number of fused-ring (bicyclic) bond motifs is 1. The Labute approximate surface area is 134 Å². The van der Waals surface area contributed by atoms with Gasteiger partial charge in [-0.2, -0.15) is 0 Å². The van der Waals surface area contributed by atoms with Gasteiger partial charge in [-0.05, 0) is 18.6 Å². The maximum Gasteiger partial charge on any atom is 0.151 e. The molecule has 0 aliphatic carbocycles. The normalized spacial score (nSPS) is 18.0. The maximum absolute atomic E-state index is 5.47. The Morgan fingerprint density at radius 3 is 3.09 bits per heavy atom. The fourth-order valence-electron chi connectivity index (χ4n) is 3.16. The molecular formula is C17H19N5O. The second-order valence-electron chi connectivity index (χ2n) is 5.78. The van der Waals surface area contributed by atoms with Crippen LogP contribution >= 0.6 is 0 Å². The van der Waals surface area contributed by atoms with Gasteiger partial charge in [-0.3, -0.25) is 9.88 Å². The van der Waals surface area contributed by atoms with Crippen LogP contribution in [0.1, 0.15) is 41.5 Å². The molecular weight excluding hydrogens is 290 g/mol. The van der Waals surface area contributed by atoms with Crippen molar-refractivity contribution in [2.24, 2.45) is 0 Å². The third kappa shape index (κ3) is 2.66. The number of aromatic nitrogens is 4. The molecule has 6 heteroatoms. The van der Waals surface area contributed by atoms with Gasteiger partial charge < -0.3 is 9.51 Å². The van der Waals surface area contributed by atoms with Crippen molar-refractivity contribution in [3.8, 4) is 0 Å². The Hall–Kier alpha value is -2.47. The summed E-state index contributed by atoms with van der Waals surface area (Å²) in [4.78, 5) is 14.7. The third-order valence-corrected chi connectivity index (χ3v) is 4.32. The molecule has 3 aromatic rings. The van der Waals surface area contributed by atoms with Crippen LogP contribution in [0.15, 0.2) is 41.3 Å². The first kappa shape index (κ1) is 14.1. The van der Waals surface area contributed by atoms with E-state index in [2.05, 4.69) is 38.0 Å². The van der Waals surface area contributed by atoms with Crippen LogP contribution in [0.4, 0.5) is 0 Å². The number of hydrogen-bond acceptors (Lipinski definition) is 5. The van der Waals surface area contributed by atoms with Gasteiger partial charge in [0.1, 0.15) is 0 Å². The third-order valence-electron chi connectivity index (χ3n) is 4.32. The van der Waals surface area contributed by atoms with Crippen molar-refractivity contribution < 1.29 is 4.52 Å². The number of imidazole rings is 1. The number of aryl methyl sites for hydroxylation is 1. The topological polar surface area (TPSA) is 70.8 Å². The van der Waals surface area contributed by atoms with Gasteiger partial charge in [0.2, 0.25) is 0 Å². The number of pyridine rings is 1. The summed E-state index contributed by atoms with van der Waals surface area (Å²) >= 11 is 0. The number of nitrogens with zero attached hydrogens (tertiary/aromatic N) is 4. The standard InChI is InChI=1S/C17H19N5O/c1-2-12-9-13(23-21-12)10-22-8-6-14-16(20-11-19-14)17(22)15-5-3-4-7-18-15/h3-5,7,9,11,17H,2,6,8,10H2,1H3,(H,19,20). The molecule has 0 bridgehead atoms. The second-order valence-corrected chi connectivity index (χ2v) is 5.78. The van der Waals surface area contributed by atoms with Gasteiger partial charge in [-0.15, -0.1) is 0 Å². The minimum atomic E-state index is 0.0429. The molecule has 0 saturated carbocycles. The summed E-state index contributed by atoms with van der Waals surface area (Å²) in [6, 6.07) is 8.09. The Balaban J connectivity index is 1.67. The van der Waals surface area contributed by atoms with Crippen LogP contribution in [-0.4, -0.2) is 31.6 Å². The van der Waals surface area contributed by atoms with Gasteiger partial charge in [0.25, 0.3) is 0 Å². The highest BCUT2D eigenvalue weighted by atomic mass is 16.5. The van der Waals surface area contributed by atoms with E-state index in [1.54, 1.807) is 6.33 Å². The SMILES string of the molecule is CCc1cc(CN2CCc3[nH]cnc3C2c2ccccn2)on1. The van der Waals surface area contributed by atoms with Crippen LogP contribution in [0.3, 0.4) is 0 Å². The summed E-state index contributed by atoms with van der Waals surface area (Å²) in [5.41, 5.74) is 4.26. The van der Waals surface area contributed by atoms with E-state index in [-0.39, 0.29) is 6.04 Å². The van der Waals surface area contributed by atoms with Crippen LogP contribution in [0.2, 0.25) is 0 Å². The first-order valence-corrected chi connectivity index (χ1v) is 7.96. The maximum atomic E-state index is 5.47. The van der Waals surface area contributed by atoms with Crippen molar-refractivity contribution in [2.75, 3.05) is 6.54 Å². The van der Waals surface area contributed by atoms with E-state index in [1.807, 2.05) is 24.4 Å². The molecule has 0 radical (unpaired) electrons. The van der Waals surface area contributed by atoms with E-state index in [0.29, 0.717) is 6.54 Å². The van der Waals surface area contributed by atoms with Crippen molar-refractivity contribution in [1.29, 1.82) is 0 Å². The van der Waals surface area contributed by atoms with Crippen LogP contribution in [0.25, 0.3) is 0 Å². The predicted molar refractivity (Wildman–Crippen MR) is 84.7 cm³/mol. The second kappa shape index (κ2) is 5.96. The molecule has 1 aliphatic rings. The van der Waals surface area contributed by atoms with E-state index in [9.17, 15) is 0 Å². The lowest BCUT2D eigenvalue weighted by atomic mass is 9.99. The van der Waals surface area contributed by atoms with Crippen LogP contribution in [0, 0.1) is 0 Å². The summed E-state index contributed by atoms with van der Waals surface area (Å²) in [5, 5.41) is 4.09. The fraction of sp³-hybridized carbons (Fsp3) is 0.353. The number of nitrogens with one attached hydrogen (secondary N) is 1. The van der Waals surface area contributed by atoms with E-state index >= 15 is 0 Å².